The summed E-state index contributed by atoms with van der Waals surface area (Å²) in [6.45, 7) is 9.07. The first kappa shape index (κ1) is 22.5. The lowest BCUT2D eigenvalue weighted by molar-refractivity contribution is 0.0240. The second kappa shape index (κ2) is 9.64. The zero-order valence-electron chi connectivity index (χ0n) is 17.9. The van der Waals surface area contributed by atoms with E-state index in [1.54, 1.807) is 11.0 Å². The van der Waals surface area contributed by atoms with Crippen molar-refractivity contribution in [2.24, 2.45) is 10.9 Å². The molecule has 1 fully saturated rings. The number of carbonyl (C=O) groups is 1. The number of anilines is 1. The monoisotopic (exact) mass is 408 g/mol. The minimum Gasteiger partial charge on any atom is -0.476 e. The number of ether oxygens (including phenoxy) is 2. The highest BCUT2D eigenvalue weighted by Gasteiger charge is 2.26. The number of aromatic nitrogens is 1. The smallest absolute Gasteiger partial charge is 0.410 e. The van der Waals surface area contributed by atoms with Gasteiger partial charge in [-0.3, -0.25) is 0 Å². The van der Waals surface area contributed by atoms with Gasteiger partial charge in [0.1, 0.15) is 17.9 Å². The predicted molar refractivity (Wildman–Crippen MR) is 111 cm³/mol. The first-order chi connectivity index (χ1) is 13.6. The molecule has 162 valence electrons. The number of piperazine rings is 1. The number of hydrogen-bond donors (Lipinski definition) is 2. The quantitative estimate of drug-likeness (QED) is 0.312. The van der Waals surface area contributed by atoms with E-state index in [9.17, 15) is 4.79 Å². The molecule has 0 saturated carbocycles. The maximum atomic E-state index is 12.3. The Kier molecular flexibility index (Phi) is 7.49. The van der Waals surface area contributed by atoms with E-state index in [1.165, 1.54) is 0 Å². The number of likely N-dealkylation sites (N-methyl/N-ethyl adjacent to an activating group) is 1. The Bertz CT molecular complexity index is 724. The van der Waals surface area contributed by atoms with Crippen molar-refractivity contribution in [1.29, 1.82) is 0 Å². The van der Waals surface area contributed by atoms with Crippen LogP contribution in [0.3, 0.4) is 0 Å². The lowest BCUT2D eigenvalue weighted by Gasteiger charge is -2.36. The van der Waals surface area contributed by atoms with Crippen LogP contribution in [0.25, 0.3) is 0 Å². The second-order valence-corrected chi connectivity index (χ2v) is 8.14. The third kappa shape index (κ3) is 6.97. The molecule has 3 N–H and O–H groups in total. The van der Waals surface area contributed by atoms with Crippen LogP contribution in [0.5, 0.6) is 5.88 Å². The van der Waals surface area contributed by atoms with Crippen molar-refractivity contribution in [3.8, 4) is 5.88 Å². The summed E-state index contributed by atoms with van der Waals surface area (Å²) in [6, 6.07) is 3.57. The third-order valence-corrected chi connectivity index (χ3v) is 4.24. The van der Waals surface area contributed by atoms with Gasteiger partial charge in [-0.25, -0.2) is 9.78 Å². The molecule has 10 heteroatoms. The van der Waals surface area contributed by atoms with Crippen LogP contribution in [0.4, 0.5) is 10.5 Å². The third-order valence-electron chi connectivity index (χ3n) is 4.24. The summed E-state index contributed by atoms with van der Waals surface area (Å²) in [6.07, 6.45) is -0.308. The average molecular weight is 409 g/mol. The molecule has 10 nitrogen and oxygen atoms in total. The van der Waals surface area contributed by atoms with Gasteiger partial charge in [0.15, 0.2) is 5.84 Å². The van der Waals surface area contributed by atoms with Gasteiger partial charge in [-0.1, -0.05) is 5.16 Å². The number of nitrogens with zero attached hydrogens (tertiary/aromatic N) is 5. The van der Waals surface area contributed by atoms with Crippen LogP contribution >= 0.6 is 0 Å². The molecule has 1 aliphatic heterocycles. The summed E-state index contributed by atoms with van der Waals surface area (Å²) in [5.41, 5.74) is 6.40. The fourth-order valence-corrected chi connectivity index (χ4v) is 2.74. The van der Waals surface area contributed by atoms with Crippen LogP contribution in [-0.4, -0.2) is 90.9 Å². The van der Waals surface area contributed by atoms with Gasteiger partial charge in [-0.15, -0.1) is 0 Å². The van der Waals surface area contributed by atoms with Gasteiger partial charge < -0.3 is 35.1 Å². The molecule has 0 aliphatic carbocycles. The number of amides is 1. The Morgan fingerprint density at radius 1 is 1.28 bits per heavy atom. The van der Waals surface area contributed by atoms with Crippen LogP contribution in [0.1, 0.15) is 26.5 Å². The summed E-state index contributed by atoms with van der Waals surface area (Å²) >= 11 is 0. The molecule has 2 heterocycles. The van der Waals surface area contributed by atoms with Crippen molar-refractivity contribution in [3.63, 3.8) is 0 Å². The van der Waals surface area contributed by atoms with Crippen molar-refractivity contribution in [2.75, 3.05) is 58.3 Å². The Morgan fingerprint density at radius 3 is 2.48 bits per heavy atom. The van der Waals surface area contributed by atoms with Crippen molar-refractivity contribution in [1.82, 2.24) is 14.8 Å². The standard InChI is InChI=1S/C19H32N6O4/c1-19(2,3)29-18(26)25-8-6-24(7-9-25)14-12-15(17(20)22-27)21-16(13-14)28-11-10-23(4)5/h12-13,27H,6-11H2,1-5H3,(H2,20,22). The van der Waals surface area contributed by atoms with Gasteiger partial charge in [-0.2, -0.15) is 0 Å². The maximum absolute atomic E-state index is 12.3. The summed E-state index contributed by atoms with van der Waals surface area (Å²) in [5, 5.41) is 12.1. The number of oxime groups is 1. The summed E-state index contributed by atoms with van der Waals surface area (Å²) in [4.78, 5) is 22.4. The molecule has 1 aliphatic rings. The van der Waals surface area contributed by atoms with Gasteiger partial charge in [-0.05, 0) is 40.9 Å². The lowest BCUT2D eigenvalue weighted by atomic mass is 10.2. The molecule has 0 aromatic carbocycles. The normalized spacial score (nSPS) is 15.6. The highest BCUT2D eigenvalue weighted by molar-refractivity contribution is 5.96. The number of hydrogen-bond acceptors (Lipinski definition) is 8. The minimum atomic E-state index is -0.520. The number of rotatable bonds is 6. The van der Waals surface area contributed by atoms with Gasteiger partial charge in [0.2, 0.25) is 5.88 Å². The van der Waals surface area contributed by atoms with Crippen LogP contribution in [0, 0.1) is 0 Å². The molecule has 1 saturated heterocycles. The Balaban J connectivity index is 2.10. The van der Waals surface area contributed by atoms with Gasteiger partial charge in [0.05, 0.1) is 0 Å². The molecule has 0 atom stereocenters. The van der Waals surface area contributed by atoms with Crippen molar-refractivity contribution in [3.05, 3.63) is 17.8 Å². The van der Waals surface area contributed by atoms with E-state index in [2.05, 4.69) is 15.0 Å². The molecular weight excluding hydrogens is 376 g/mol. The fourth-order valence-electron chi connectivity index (χ4n) is 2.74. The molecular formula is C19H32N6O4. The Hall–Kier alpha value is -2.75. The molecule has 1 aromatic heterocycles. The SMILES string of the molecule is CN(C)CCOc1cc(N2CCN(C(=O)OC(C)(C)C)CC2)cc(/C(N)=N/O)n1. The van der Waals surface area contributed by atoms with E-state index < -0.39 is 5.60 Å². The molecule has 0 radical (unpaired) electrons. The Labute approximate surface area is 171 Å². The number of nitrogens with two attached hydrogens (primary N) is 1. The van der Waals surface area contributed by atoms with E-state index in [-0.39, 0.29) is 11.9 Å². The zero-order valence-corrected chi connectivity index (χ0v) is 17.9. The molecule has 0 spiro atoms. The zero-order chi connectivity index (χ0) is 21.6. The van der Waals surface area contributed by atoms with E-state index in [4.69, 9.17) is 20.4 Å². The van der Waals surface area contributed by atoms with Crippen LogP contribution < -0.4 is 15.4 Å². The van der Waals surface area contributed by atoms with Crippen molar-refractivity contribution in [2.45, 2.75) is 26.4 Å². The van der Waals surface area contributed by atoms with Crippen LogP contribution in [-0.2, 0) is 4.74 Å². The predicted octanol–water partition coefficient (Wildman–Crippen LogP) is 1.17. The van der Waals surface area contributed by atoms with E-state index >= 15 is 0 Å². The van der Waals surface area contributed by atoms with Crippen molar-refractivity contribution < 1.29 is 19.5 Å². The lowest BCUT2D eigenvalue weighted by Crippen LogP contribution is -2.50. The fraction of sp³-hybridized carbons (Fsp3) is 0.632. The molecule has 0 bridgehead atoms. The van der Waals surface area contributed by atoms with E-state index in [0.717, 1.165) is 12.2 Å². The van der Waals surface area contributed by atoms with Gasteiger partial charge in [0.25, 0.3) is 0 Å². The van der Waals surface area contributed by atoms with E-state index in [0.29, 0.717) is 44.4 Å². The maximum Gasteiger partial charge on any atom is 0.410 e. The van der Waals surface area contributed by atoms with Crippen LogP contribution in [0.15, 0.2) is 17.3 Å². The molecule has 0 unspecified atom stereocenters. The highest BCUT2D eigenvalue weighted by Crippen LogP contribution is 2.23. The average Bonchev–Trinajstić information content (AvgIpc) is 2.65. The topological polar surface area (TPSA) is 117 Å². The van der Waals surface area contributed by atoms with Gasteiger partial charge in [0, 0.05) is 44.5 Å². The summed E-state index contributed by atoms with van der Waals surface area (Å²) in [7, 11) is 3.92. The minimum absolute atomic E-state index is 0.0864. The highest BCUT2D eigenvalue weighted by atomic mass is 16.6. The molecule has 2 rings (SSSR count). The Morgan fingerprint density at radius 2 is 1.93 bits per heavy atom. The molecule has 1 amide bonds. The molecule has 29 heavy (non-hydrogen) atoms. The number of amidine groups is 1. The summed E-state index contributed by atoms with van der Waals surface area (Å²) in [5.74, 6) is 0.317. The van der Waals surface area contributed by atoms with E-state index in [1.807, 2.05) is 45.8 Å². The summed E-state index contributed by atoms with van der Waals surface area (Å²) < 4.78 is 11.2. The number of pyridine rings is 1. The van der Waals surface area contributed by atoms with Crippen LogP contribution in [0.2, 0.25) is 0 Å². The second-order valence-electron chi connectivity index (χ2n) is 8.14. The first-order valence-corrected chi connectivity index (χ1v) is 9.59. The first-order valence-electron chi connectivity index (χ1n) is 9.59. The number of carbonyl (C=O) groups excluding carboxylic acids is 1. The van der Waals surface area contributed by atoms with Gasteiger partial charge >= 0.3 is 6.09 Å². The largest absolute Gasteiger partial charge is 0.476 e. The molecule has 1 aromatic rings. The van der Waals surface area contributed by atoms with Crippen molar-refractivity contribution >= 4 is 17.6 Å².